The predicted octanol–water partition coefficient (Wildman–Crippen LogP) is 1.60. The van der Waals surface area contributed by atoms with Gasteiger partial charge in [-0.1, -0.05) is 31.4 Å². The van der Waals surface area contributed by atoms with Crippen LogP contribution in [0, 0.1) is 0 Å². The van der Waals surface area contributed by atoms with Gasteiger partial charge in [0.25, 0.3) is 0 Å². The fourth-order valence-corrected chi connectivity index (χ4v) is 5.38. The molecule has 0 aromatic heterocycles. The van der Waals surface area contributed by atoms with Gasteiger partial charge >= 0.3 is 0 Å². The van der Waals surface area contributed by atoms with Crippen LogP contribution in [-0.2, 0) is 30.8 Å². The summed E-state index contributed by atoms with van der Waals surface area (Å²) in [5.74, 6) is -0.125. The lowest BCUT2D eigenvalue weighted by Gasteiger charge is -2.26. The van der Waals surface area contributed by atoms with Crippen molar-refractivity contribution in [1.29, 1.82) is 0 Å². The minimum atomic E-state index is -3.50. The van der Waals surface area contributed by atoms with Crippen molar-refractivity contribution in [1.82, 2.24) is 14.9 Å². The zero-order valence-electron chi connectivity index (χ0n) is 18.0. The van der Waals surface area contributed by atoms with Gasteiger partial charge in [-0.25, -0.2) is 8.42 Å². The van der Waals surface area contributed by atoms with Crippen LogP contribution in [0.1, 0.15) is 50.5 Å². The standard InChI is InChI=1S/C22H33N3O5S/c26-21(23-13-12-22(27)24-19-4-2-1-3-5-19)11-8-18-6-9-20(10-7-18)31(28,29)25-14-16-30-17-15-25/h6-7,9-10,19H,1-5,8,11-17H2,(H,23,26)(H,24,27). The van der Waals surface area contributed by atoms with Gasteiger partial charge in [-0.3, -0.25) is 9.59 Å². The molecule has 0 unspecified atom stereocenters. The minimum Gasteiger partial charge on any atom is -0.379 e. The third-order valence-electron chi connectivity index (χ3n) is 5.82. The van der Waals surface area contributed by atoms with Gasteiger partial charge in [0.1, 0.15) is 0 Å². The molecule has 0 spiro atoms. The highest BCUT2D eigenvalue weighted by Crippen LogP contribution is 2.19. The summed E-state index contributed by atoms with van der Waals surface area (Å²) in [6.45, 7) is 1.88. The first kappa shape index (κ1) is 23.7. The third kappa shape index (κ3) is 7.29. The SMILES string of the molecule is O=C(CCc1ccc(S(=O)(=O)N2CCOCC2)cc1)NCCC(=O)NC1CCCCC1. The Morgan fingerprint density at radius 1 is 0.968 bits per heavy atom. The summed E-state index contributed by atoms with van der Waals surface area (Å²) in [5, 5.41) is 5.83. The number of morpholine rings is 1. The van der Waals surface area contributed by atoms with Crippen molar-refractivity contribution in [3.05, 3.63) is 29.8 Å². The highest BCUT2D eigenvalue weighted by Gasteiger charge is 2.26. The van der Waals surface area contributed by atoms with Gasteiger partial charge in [0, 0.05) is 38.5 Å². The van der Waals surface area contributed by atoms with Crippen molar-refractivity contribution in [3.63, 3.8) is 0 Å². The molecule has 2 aliphatic rings. The van der Waals surface area contributed by atoms with E-state index in [-0.39, 0.29) is 29.2 Å². The van der Waals surface area contributed by atoms with Gasteiger partial charge in [-0.15, -0.1) is 0 Å². The second-order valence-corrected chi connectivity index (χ2v) is 10.1. The number of hydrogen-bond acceptors (Lipinski definition) is 5. The molecule has 2 fully saturated rings. The molecule has 1 aliphatic carbocycles. The van der Waals surface area contributed by atoms with E-state index in [4.69, 9.17) is 4.74 Å². The minimum absolute atomic E-state index is 0.00994. The number of nitrogens with zero attached hydrogens (tertiary/aromatic N) is 1. The Kier molecular flexibility index (Phi) is 8.86. The van der Waals surface area contributed by atoms with Crippen molar-refractivity contribution < 1.29 is 22.7 Å². The number of carbonyl (C=O) groups excluding carboxylic acids is 2. The van der Waals surface area contributed by atoms with Crippen LogP contribution in [-0.4, -0.2) is 63.4 Å². The molecular formula is C22H33N3O5S. The second kappa shape index (κ2) is 11.6. The number of rotatable bonds is 9. The van der Waals surface area contributed by atoms with Crippen LogP contribution < -0.4 is 10.6 Å². The fraction of sp³-hybridized carbons (Fsp3) is 0.636. The van der Waals surface area contributed by atoms with Gasteiger partial charge in [-0.05, 0) is 37.0 Å². The molecule has 1 saturated heterocycles. The predicted molar refractivity (Wildman–Crippen MR) is 117 cm³/mol. The summed E-state index contributed by atoms with van der Waals surface area (Å²) in [4.78, 5) is 24.3. The average molecular weight is 452 g/mol. The van der Waals surface area contributed by atoms with E-state index in [9.17, 15) is 18.0 Å². The van der Waals surface area contributed by atoms with Gasteiger partial charge < -0.3 is 15.4 Å². The number of ether oxygens (including phenoxy) is 1. The molecule has 31 heavy (non-hydrogen) atoms. The maximum absolute atomic E-state index is 12.6. The Morgan fingerprint density at radius 3 is 2.32 bits per heavy atom. The number of nitrogens with one attached hydrogen (secondary N) is 2. The second-order valence-electron chi connectivity index (χ2n) is 8.16. The van der Waals surface area contributed by atoms with Crippen molar-refractivity contribution in [2.45, 2.75) is 62.3 Å². The van der Waals surface area contributed by atoms with Crippen molar-refractivity contribution in [2.24, 2.45) is 0 Å². The molecule has 0 bridgehead atoms. The van der Waals surface area contributed by atoms with E-state index in [1.54, 1.807) is 24.3 Å². The van der Waals surface area contributed by atoms with Crippen LogP contribution in [0.4, 0.5) is 0 Å². The molecule has 8 nitrogen and oxygen atoms in total. The van der Waals surface area contributed by atoms with E-state index in [1.807, 2.05) is 0 Å². The number of benzene rings is 1. The van der Waals surface area contributed by atoms with Crippen molar-refractivity contribution in [2.75, 3.05) is 32.8 Å². The zero-order chi connectivity index (χ0) is 22.1. The largest absolute Gasteiger partial charge is 0.379 e. The van der Waals surface area contributed by atoms with Crippen LogP contribution in [0.15, 0.2) is 29.2 Å². The molecule has 1 aromatic rings. The summed E-state index contributed by atoms with van der Waals surface area (Å²) in [6.07, 6.45) is 6.77. The summed E-state index contributed by atoms with van der Waals surface area (Å²) < 4.78 is 31.9. The Hall–Kier alpha value is -1.97. The van der Waals surface area contributed by atoms with Crippen LogP contribution in [0.5, 0.6) is 0 Å². The van der Waals surface area contributed by atoms with Crippen molar-refractivity contribution >= 4 is 21.8 Å². The Bertz CT molecular complexity index is 829. The highest BCUT2D eigenvalue weighted by molar-refractivity contribution is 7.89. The van der Waals surface area contributed by atoms with Crippen LogP contribution in [0.3, 0.4) is 0 Å². The first-order chi connectivity index (χ1) is 14.9. The van der Waals surface area contributed by atoms with E-state index in [2.05, 4.69) is 10.6 Å². The normalized spacial score (nSPS) is 18.5. The van der Waals surface area contributed by atoms with E-state index in [1.165, 1.54) is 23.6 Å². The van der Waals surface area contributed by atoms with Gasteiger partial charge in [0.15, 0.2) is 0 Å². The van der Waals surface area contributed by atoms with Crippen molar-refractivity contribution in [3.8, 4) is 0 Å². The van der Waals surface area contributed by atoms with Gasteiger partial charge in [0.05, 0.1) is 18.1 Å². The van der Waals surface area contributed by atoms with E-state index in [0.717, 1.165) is 18.4 Å². The molecule has 1 aliphatic heterocycles. The quantitative estimate of drug-likeness (QED) is 0.593. The zero-order valence-corrected chi connectivity index (χ0v) is 18.8. The molecule has 9 heteroatoms. The van der Waals surface area contributed by atoms with Gasteiger partial charge in [0.2, 0.25) is 21.8 Å². The number of hydrogen-bond donors (Lipinski definition) is 2. The third-order valence-corrected chi connectivity index (χ3v) is 7.73. The molecule has 2 N–H and O–H groups in total. The summed E-state index contributed by atoms with van der Waals surface area (Å²) >= 11 is 0. The van der Waals surface area contributed by atoms with E-state index >= 15 is 0 Å². The summed E-state index contributed by atoms with van der Waals surface area (Å²) in [5.41, 5.74) is 0.895. The van der Waals surface area contributed by atoms with Crippen LogP contribution in [0.25, 0.3) is 0 Å². The Labute approximate surface area is 184 Å². The number of aryl methyl sites for hydroxylation is 1. The molecule has 3 rings (SSSR count). The number of amides is 2. The monoisotopic (exact) mass is 451 g/mol. The lowest BCUT2D eigenvalue weighted by molar-refractivity contribution is -0.122. The molecule has 0 radical (unpaired) electrons. The molecule has 1 aromatic carbocycles. The average Bonchev–Trinajstić information content (AvgIpc) is 2.79. The fourth-order valence-electron chi connectivity index (χ4n) is 3.97. The Morgan fingerprint density at radius 2 is 1.65 bits per heavy atom. The number of sulfonamides is 1. The first-order valence-electron chi connectivity index (χ1n) is 11.2. The van der Waals surface area contributed by atoms with Gasteiger partial charge in [-0.2, -0.15) is 4.31 Å². The number of carbonyl (C=O) groups is 2. The molecule has 2 amide bonds. The lowest BCUT2D eigenvalue weighted by atomic mass is 9.95. The van der Waals surface area contributed by atoms with E-state index in [0.29, 0.717) is 45.7 Å². The molecule has 172 valence electrons. The lowest BCUT2D eigenvalue weighted by Crippen LogP contribution is -2.40. The maximum Gasteiger partial charge on any atom is 0.243 e. The molecule has 1 heterocycles. The Balaban J connectivity index is 1.36. The van der Waals surface area contributed by atoms with Crippen LogP contribution >= 0.6 is 0 Å². The molecule has 1 saturated carbocycles. The molecule has 0 atom stereocenters. The first-order valence-corrected chi connectivity index (χ1v) is 12.6. The van der Waals surface area contributed by atoms with E-state index < -0.39 is 10.0 Å². The highest BCUT2D eigenvalue weighted by atomic mass is 32.2. The van der Waals surface area contributed by atoms with Crippen LogP contribution in [0.2, 0.25) is 0 Å². The topological polar surface area (TPSA) is 105 Å². The molecular weight excluding hydrogens is 418 g/mol. The summed E-state index contributed by atoms with van der Waals surface area (Å²) in [7, 11) is -3.50. The maximum atomic E-state index is 12.6. The smallest absolute Gasteiger partial charge is 0.243 e. The summed E-state index contributed by atoms with van der Waals surface area (Å²) in [6, 6.07) is 6.96.